The van der Waals surface area contributed by atoms with Crippen LogP contribution in [-0.2, 0) is 18.6 Å². The molecule has 4 atom stereocenters. The normalized spacial score (nSPS) is 17.9. The molecule has 0 aliphatic rings. The van der Waals surface area contributed by atoms with Crippen LogP contribution < -0.4 is 0 Å². The Bertz CT molecular complexity index is 381. The molecule has 0 aromatic carbocycles. The van der Waals surface area contributed by atoms with Crippen LogP contribution in [0.1, 0.15) is 20.3 Å². The van der Waals surface area contributed by atoms with Crippen molar-refractivity contribution < 1.29 is 48.8 Å². The van der Waals surface area contributed by atoms with Crippen LogP contribution in [0.25, 0.3) is 0 Å². The van der Waals surface area contributed by atoms with Crippen molar-refractivity contribution in [3.05, 3.63) is 0 Å². The Labute approximate surface area is 127 Å². The summed E-state index contributed by atoms with van der Waals surface area (Å²) >= 11 is 0. The molecule has 11 heteroatoms. The number of aliphatic hydroxyl groups is 4. The van der Waals surface area contributed by atoms with Crippen LogP contribution in [0.15, 0.2) is 0 Å². The monoisotopic (exact) mass is 346 g/mol. The van der Waals surface area contributed by atoms with Crippen molar-refractivity contribution in [2.75, 3.05) is 13.2 Å². The molecule has 0 aromatic rings. The lowest BCUT2D eigenvalue weighted by Crippen LogP contribution is -2.49. The van der Waals surface area contributed by atoms with Crippen molar-refractivity contribution in [1.82, 2.24) is 0 Å². The molecule has 0 radical (unpaired) electrons. The smallest absolute Gasteiger partial charge is 0.464 e. The van der Waals surface area contributed by atoms with Crippen LogP contribution in [0.4, 0.5) is 0 Å². The van der Waals surface area contributed by atoms with Gasteiger partial charge in [0.15, 0.2) is 6.10 Å². The lowest BCUT2D eigenvalue weighted by atomic mass is 10.0. The molecule has 0 rings (SSSR count). The predicted octanol–water partition coefficient (Wildman–Crippen LogP) is -1.87. The maximum absolute atomic E-state index is 11.4. The van der Waals surface area contributed by atoms with Crippen molar-refractivity contribution in [1.29, 1.82) is 0 Å². The molecule has 0 heterocycles. The lowest BCUT2D eigenvalue weighted by Gasteiger charge is -2.25. The highest BCUT2D eigenvalue weighted by Crippen LogP contribution is 2.35. The van der Waals surface area contributed by atoms with Gasteiger partial charge in [-0.1, -0.05) is 13.8 Å². The van der Waals surface area contributed by atoms with Gasteiger partial charge in [0.25, 0.3) is 0 Å². The molecule has 0 aliphatic heterocycles. The highest BCUT2D eigenvalue weighted by atomic mass is 31.2. The first kappa shape index (κ1) is 21.4. The Morgan fingerprint density at radius 3 is 2.09 bits per heavy atom. The average Bonchev–Trinajstić information content (AvgIpc) is 2.40. The molecular formula is C11H23O10P. The van der Waals surface area contributed by atoms with Crippen molar-refractivity contribution >= 4 is 13.8 Å². The molecule has 10 nitrogen and oxygen atoms in total. The first-order valence-corrected chi connectivity index (χ1v) is 8.07. The van der Waals surface area contributed by atoms with Gasteiger partial charge in [0.05, 0.1) is 13.2 Å². The molecule has 0 unspecified atom stereocenters. The van der Waals surface area contributed by atoms with Gasteiger partial charge < -0.3 is 34.9 Å². The Kier molecular flexibility index (Phi) is 9.28. The Balaban J connectivity index is 4.37. The van der Waals surface area contributed by atoms with Gasteiger partial charge in [-0.15, -0.1) is 0 Å². The summed E-state index contributed by atoms with van der Waals surface area (Å²) in [6, 6.07) is 0. The highest BCUT2D eigenvalue weighted by Gasteiger charge is 2.36. The summed E-state index contributed by atoms with van der Waals surface area (Å²) in [4.78, 5) is 28.3. The van der Waals surface area contributed by atoms with Gasteiger partial charge >= 0.3 is 13.8 Å². The Hall–Kier alpha value is -0.580. The minimum Gasteiger partial charge on any atom is -0.464 e. The van der Waals surface area contributed by atoms with Gasteiger partial charge in [-0.05, 0) is 12.3 Å². The number of carbonyl (C=O) groups excluding carboxylic acids is 1. The van der Waals surface area contributed by atoms with E-state index in [0.29, 0.717) is 6.42 Å². The third-order valence-corrected chi connectivity index (χ3v) is 3.15. The summed E-state index contributed by atoms with van der Waals surface area (Å²) in [5, 5.41) is 38.0. The maximum Gasteiger partial charge on any atom is 0.469 e. The van der Waals surface area contributed by atoms with Gasteiger partial charge in [0.1, 0.15) is 18.3 Å². The molecule has 0 fully saturated rings. The predicted molar refractivity (Wildman–Crippen MR) is 72.4 cm³/mol. The molecule has 6 N–H and O–H groups in total. The van der Waals surface area contributed by atoms with Crippen LogP contribution in [0, 0.1) is 5.92 Å². The van der Waals surface area contributed by atoms with E-state index < -0.39 is 44.8 Å². The van der Waals surface area contributed by atoms with Crippen molar-refractivity contribution in [2.45, 2.75) is 44.7 Å². The summed E-state index contributed by atoms with van der Waals surface area (Å²) in [5.41, 5.74) is 0. The first-order valence-electron chi connectivity index (χ1n) is 6.54. The largest absolute Gasteiger partial charge is 0.469 e. The van der Waals surface area contributed by atoms with E-state index in [1.54, 1.807) is 0 Å². The molecule has 22 heavy (non-hydrogen) atoms. The second-order valence-electron chi connectivity index (χ2n) is 5.13. The summed E-state index contributed by atoms with van der Waals surface area (Å²) in [5.74, 6) is -0.928. The molecule has 0 aromatic heterocycles. The summed E-state index contributed by atoms with van der Waals surface area (Å²) in [7, 11) is -4.86. The van der Waals surface area contributed by atoms with E-state index in [4.69, 9.17) is 9.79 Å². The fraction of sp³-hybridized carbons (Fsp3) is 0.909. The van der Waals surface area contributed by atoms with E-state index >= 15 is 0 Å². The first-order chi connectivity index (χ1) is 9.95. The molecule has 132 valence electrons. The Morgan fingerprint density at radius 2 is 1.64 bits per heavy atom. The van der Waals surface area contributed by atoms with Crippen molar-refractivity contribution in [3.63, 3.8) is 0 Å². The van der Waals surface area contributed by atoms with Gasteiger partial charge in [-0.2, -0.15) is 0 Å². The van der Waals surface area contributed by atoms with Crippen molar-refractivity contribution in [3.8, 4) is 0 Å². The minimum absolute atomic E-state index is 0.0141. The molecule has 0 saturated carbocycles. The SMILES string of the molecule is CC(C)CCOC(=O)[C@H](O)[C@@H](O)[C@H](O)[C@H](O)COP(=O)(O)O. The maximum atomic E-state index is 11.4. The van der Waals surface area contributed by atoms with Crippen LogP contribution in [0.5, 0.6) is 0 Å². The van der Waals surface area contributed by atoms with E-state index in [0.717, 1.165) is 0 Å². The fourth-order valence-electron chi connectivity index (χ4n) is 1.31. The van der Waals surface area contributed by atoms with Gasteiger partial charge in [-0.25, -0.2) is 9.36 Å². The van der Waals surface area contributed by atoms with Crippen molar-refractivity contribution in [2.24, 2.45) is 5.92 Å². The zero-order valence-corrected chi connectivity index (χ0v) is 13.2. The number of ether oxygens (including phenoxy) is 1. The molecule has 0 spiro atoms. The third kappa shape index (κ3) is 8.76. The highest BCUT2D eigenvalue weighted by molar-refractivity contribution is 7.46. The van der Waals surface area contributed by atoms with Crippen LogP contribution in [-0.4, -0.2) is 73.8 Å². The quantitative estimate of drug-likeness (QED) is 0.194. The summed E-state index contributed by atoms with van der Waals surface area (Å²) < 4.78 is 19.1. The third-order valence-electron chi connectivity index (χ3n) is 2.66. The second-order valence-corrected chi connectivity index (χ2v) is 6.37. The number of carbonyl (C=O) groups is 1. The fourth-order valence-corrected chi connectivity index (χ4v) is 1.65. The molecular weight excluding hydrogens is 323 g/mol. The summed E-state index contributed by atoms with van der Waals surface area (Å²) in [6.07, 6.45) is -7.69. The van der Waals surface area contributed by atoms with E-state index in [1.165, 1.54) is 0 Å². The average molecular weight is 346 g/mol. The molecule has 0 saturated heterocycles. The van der Waals surface area contributed by atoms with E-state index in [1.807, 2.05) is 13.8 Å². The van der Waals surface area contributed by atoms with E-state index in [2.05, 4.69) is 9.26 Å². The van der Waals surface area contributed by atoms with E-state index in [-0.39, 0.29) is 12.5 Å². The number of aliphatic hydroxyl groups excluding tert-OH is 4. The molecule has 0 bridgehead atoms. The molecule has 0 aliphatic carbocycles. The zero-order chi connectivity index (χ0) is 17.5. The standard InChI is InChI=1S/C11H23O10P/c1-6(2)3-4-20-11(16)10(15)9(14)8(13)7(12)5-21-22(17,18)19/h6-10,12-15H,3-5H2,1-2H3,(H2,17,18,19)/t7-,8-,9+,10-/m1/s1. The topological polar surface area (TPSA) is 174 Å². The number of esters is 1. The van der Waals surface area contributed by atoms with Gasteiger partial charge in [-0.3, -0.25) is 4.52 Å². The lowest BCUT2D eigenvalue weighted by molar-refractivity contribution is -0.170. The zero-order valence-electron chi connectivity index (χ0n) is 12.3. The number of rotatable bonds is 10. The Morgan fingerprint density at radius 1 is 1.09 bits per heavy atom. The van der Waals surface area contributed by atoms with Crippen LogP contribution in [0.2, 0.25) is 0 Å². The van der Waals surface area contributed by atoms with Crippen LogP contribution >= 0.6 is 7.82 Å². The van der Waals surface area contributed by atoms with E-state index in [9.17, 15) is 29.8 Å². The number of phosphoric acid groups is 1. The minimum atomic E-state index is -4.86. The molecule has 0 amide bonds. The van der Waals surface area contributed by atoms with Gasteiger partial charge in [0, 0.05) is 0 Å². The number of hydrogen-bond donors (Lipinski definition) is 6. The number of hydrogen-bond acceptors (Lipinski definition) is 8. The second kappa shape index (κ2) is 9.53. The summed E-state index contributed by atoms with van der Waals surface area (Å²) in [6.45, 7) is 2.79. The number of phosphoric ester groups is 1. The van der Waals surface area contributed by atoms with Gasteiger partial charge in [0.2, 0.25) is 0 Å². The van der Waals surface area contributed by atoms with Crippen LogP contribution in [0.3, 0.4) is 0 Å².